The first-order valence-corrected chi connectivity index (χ1v) is 6.57. The van der Waals surface area contributed by atoms with Crippen molar-refractivity contribution in [3.63, 3.8) is 0 Å². The SMILES string of the molecule is CCNc1ccncc1C(=O)NCc1cn(C)nc1C. The Morgan fingerprint density at radius 1 is 1.45 bits per heavy atom. The number of hydrogen-bond acceptors (Lipinski definition) is 4. The summed E-state index contributed by atoms with van der Waals surface area (Å²) in [6, 6.07) is 1.80. The molecule has 0 unspecified atom stereocenters. The Labute approximate surface area is 118 Å². The summed E-state index contributed by atoms with van der Waals surface area (Å²) in [4.78, 5) is 16.2. The van der Waals surface area contributed by atoms with Gasteiger partial charge in [-0.25, -0.2) is 0 Å². The van der Waals surface area contributed by atoms with Crippen LogP contribution in [0.25, 0.3) is 0 Å². The minimum atomic E-state index is -0.141. The van der Waals surface area contributed by atoms with Crippen LogP contribution in [0.3, 0.4) is 0 Å². The van der Waals surface area contributed by atoms with Gasteiger partial charge in [-0.1, -0.05) is 0 Å². The molecule has 2 heterocycles. The number of anilines is 1. The number of pyridine rings is 1. The fraction of sp³-hybridized carbons (Fsp3) is 0.357. The second-order valence-corrected chi connectivity index (χ2v) is 4.55. The number of nitrogens with one attached hydrogen (secondary N) is 2. The smallest absolute Gasteiger partial charge is 0.255 e. The Morgan fingerprint density at radius 2 is 2.25 bits per heavy atom. The van der Waals surface area contributed by atoms with E-state index >= 15 is 0 Å². The summed E-state index contributed by atoms with van der Waals surface area (Å²) in [5.74, 6) is -0.141. The van der Waals surface area contributed by atoms with Crippen molar-refractivity contribution in [3.8, 4) is 0 Å². The summed E-state index contributed by atoms with van der Waals surface area (Å²) in [5.41, 5.74) is 3.28. The molecular formula is C14H19N5O. The Hall–Kier alpha value is -2.37. The van der Waals surface area contributed by atoms with Crippen molar-refractivity contribution in [1.82, 2.24) is 20.1 Å². The number of carbonyl (C=O) groups is 1. The molecular weight excluding hydrogens is 254 g/mol. The highest BCUT2D eigenvalue weighted by Crippen LogP contribution is 2.13. The van der Waals surface area contributed by atoms with Crippen LogP contribution in [-0.2, 0) is 13.6 Å². The van der Waals surface area contributed by atoms with Crippen LogP contribution < -0.4 is 10.6 Å². The Morgan fingerprint density at radius 3 is 2.90 bits per heavy atom. The largest absolute Gasteiger partial charge is 0.385 e. The molecule has 6 nitrogen and oxygen atoms in total. The molecule has 0 aliphatic carbocycles. The summed E-state index contributed by atoms with van der Waals surface area (Å²) < 4.78 is 1.74. The molecule has 0 aliphatic heterocycles. The van der Waals surface area contributed by atoms with Crippen LogP contribution in [0.1, 0.15) is 28.5 Å². The number of aryl methyl sites for hydroxylation is 2. The van der Waals surface area contributed by atoms with Gasteiger partial charge in [0.1, 0.15) is 0 Å². The van der Waals surface area contributed by atoms with Crippen molar-refractivity contribution < 1.29 is 4.79 Å². The van der Waals surface area contributed by atoms with Crippen LogP contribution in [0.5, 0.6) is 0 Å². The first kappa shape index (κ1) is 14.0. The normalized spacial score (nSPS) is 10.3. The topological polar surface area (TPSA) is 71.8 Å². The molecule has 106 valence electrons. The molecule has 0 fully saturated rings. The Balaban J connectivity index is 2.07. The predicted octanol–water partition coefficient (Wildman–Crippen LogP) is 1.49. The van der Waals surface area contributed by atoms with E-state index in [1.54, 1.807) is 23.1 Å². The molecule has 0 atom stereocenters. The van der Waals surface area contributed by atoms with Crippen molar-refractivity contribution in [1.29, 1.82) is 0 Å². The lowest BCUT2D eigenvalue weighted by atomic mass is 10.2. The van der Waals surface area contributed by atoms with E-state index < -0.39 is 0 Å². The third kappa shape index (κ3) is 3.14. The molecule has 2 aromatic heterocycles. The Kier molecular flexibility index (Phi) is 4.34. The third-order valence-electron chi connectivity index (χ3n) is 2.99. The average Bonchev–Trinajstić information content (AvgIpc) is 2.75. The molecule has 0 aromatic carbocycles. The summed E-state index contributed by atoms with van der Waals surface area (Å²) in [5, 5.41) is 10.3. The molecule has 0 bridgehead atoms. The highest BCUT2D eigenvalue weighted by atomic mass is 16.1. The van der Waals surface area contributed by atoms with Gasteiger partial charge in [0.05, 0.1) is 16.9 Å². The van der Waals surface area contributed by atoms with Gasteiger partial charge in [-0.2, -0.15) is 5.10 Å². The second kappa shape index (κ2) is 6.18. The molecule has 0 saturated carbocycles. The van der Waals surface area contributed by atoms with Gasteiger partial charge < -0.3 is 10.6 Å². The fourth-order valence-corrected chi connectivity index (χ4v) is 2.01. The van der Waals surface area contributed by atoms with E-state index in [9.17, 15) is 4.79 Å². The van der Waals surface area contributed by atoms with Crippen molar-refractivity contribution in [2.75, 3.05) is 11.9 Å². The quantitative estimate of drug-likeness (QED) is 0.865. The zero-order valence-electron chi connectivity index (χ0n) is 12.0. The molecule has 0 spiro atoms. The van der Waals surface area contributed by atoms with Gasteiger partial charge in [-0.15, -0.1) is 0 Å². The van der Waals surface area contributed by atoms with Crippen LogP contribution >= 0.6 is 0 Å². The highest BCUT2D eigenvalue weighted by molar-refractivity contribution is 5.99. The lowest BCUT2D eigenvalue weighted by Crippen LogP contribution is -2.24. The molecule has 2 N–H and O–H groups in total. The maximum Gasteiger partial charge on any atom is 0.255 e. The van der Waals surface area contributed by atoms with Gasteiger partial charge in [-0.3, -0.25) is 14.5 Å². The highest BCUT2D eigenvalue weighted by Gasteiger charge is 2.12. The zero-order chi connectivity index (χ0) is 14.5. The minimum Gasteiger partial charge on any atom is -0.385 e. The van der Waals surface area contributed by atoms with E-state index in [2.05, 4.69) is 20.7 Å². The maximum absolute atomic E-state index is 12.2. The summed E-state index contributed by atoms with van der Waals surface area (Å²) in [6.45, 7) is 5.13. The van der Waals surface area contributed by atoms with Gasteiger partial charge in [0, 0.05) is 44.3 Å². The van der Waals surface area contributed by atoms with Crippen LogP contribution in [0.4, 0.5) is 5.69 Å². The number of nitrogens with zero attached hydrogens (tertiary/aromatic N) is 3. The van der Waals surface area contributed by atoms with E-state index in [0.29, 0.717) is 12.1 Å². The van der Waals surface area contributed by atoms with Crippen molar-refractivity contribution in [2.24, 2.45) is 7.05 Å². The lowest BCUT2D eigenvalue weighted by Gasteiger charge is -2.10. The van der Waals surface area contributed by atoms with E-state index in [-0.39, 0.29) is 5.91 Å². The molecule has 20 heavy (non-hydrogen) atoms. The first-order chi connectivity index (χ1) is 9.61. The van der Waals surface area contributed by atoms with E-state index in [4.69, 9.17) is 0 Å². The van der Waals surface area contributed by atoms with Gasteiger partial charge in [0.2, 0.25) is 0 Å². The van der Waals surface area contributed by atoms with E-state index in [0.717, 1.165) is 23.5 Å². The third-order valence-corrected chi connectivity index (χ3v) is 2.99. The van der Waals surface area contributed by atoms with Crippen LogP contribution in [0, 0.1) is 6.92 Å². The van der Waals surface area contributed by atoms with Crippen LogP contribution in [-0.4, -0.2) is 27.2 Å². The predicted molar refractivity (Wildman–Crippen MR) is 77.5 cm³/mol. The molecule has 6 heteroatoms. The Bertz CT molecular complexity index is 605. The maximum atomic E-state index is 12.2. The molecule has 0 aliphatic rings. The summed E-state index contributed by atoms with van der Waals surface area (Å²) in [6.07, 6.45) is 5.15. The van der Waals surface area contributed by atoms with Gasteiger partial charge >= 0.3 is 0 Å². The first-order valence-electron chi connectivity index (χ1n) is 6.57. The average molecular weight is 273 g/mol. The monoisotopic (exact) mass is 273 g/mol. The van der Waals surface area contributed by atoms with Crippen molar-refractivity contribution in [2.45, 2.75) is 20.4 Å². The number of carbonyl (C=O) groups excluding carboxylic acids is 1. The number of rotatable bonds is 5. The standard InChI is InChI=1S/C14H19N5O/c1-4-16-13-5-6-15-8-12(13)14(20)17-7-11-9-19(3)18-10(11)2/h5-6,8-9H,4,7H2,1-3H3,(H,15,16)(H,17,20). The molecule has 2 aromatic rings. The zero-order valence-corrected chi connectivity index (χ0v) is 12.0. The molecule has 1 amide bonds. The van der Waals surface area contributed by atoms with Gasteiger partial charge in [0.15, 0.2) is 0 Å². The van der Waals surface area contributed by atoms with Gasteiger partial charge in [-0.05, 0) is 19.9 Å². The summed E-state index contributed by atoms with van der Waals surface area (Å²) >= 11 is 0. The van der Waals surface area contributed by atoms with Crippen LogP contribution in [0.15, 0.2) is 24.7 Å². The van der Waals surface area contributed by atoms with Crippen LogP contribution in [0.2, 0.25) is 0 Å². The molecule has 0 saturated heterocycles. The molecule has 0 radical (unpaired) electrons. The lowest BCUT2D eigenvalue weighted by molar-refractivity contribution is 0.0951. The second-order valence-electron chi connectivity index (χ2n) is 4.55. The minimum absolute atomic E-state index is 0.141. The van der Waals surface area contributed by atoms with Crippen molar-refractivity contribution >= 4 is 11.6 Å². The fourth-order valence-electron chi connectivity index (χ4n) is 2.01. The van der Waals surface area contributed by atoms with Gasteiger partial charge in [0.25, 0.3) is 5.91 Å². The summed E-state index contributed by atoms with van der Waals surface area (Å²) in [7, 11) is 1.86. The number of hydrogen-bond donors (Lipinski definition) is 2. The number of amides is 1. The molecule has 2 rings (SSSR count). The van der Waals surface area contributed by atoms with Crippen molar-refractivity contribution in [3.05, 3.63) is 41.5 Å². The number of aromatic nitrogens is 3. The van der Waals surface area contributed by atoms with E-state index in [1.807, 2.05) is 27.1 Å². The van der Waals surface area contributed by atoms with E-state index in [1.165, 1.54) is 0 Å².